The average Bonchev–Trinajstić information content (AvgIpc) is 2.28. The average molecular weight is 301 g/mol. The number of rotatable bonds is 7. The highest BCUT2D eigenvalue weighted by Crippen LogP contribution is 2.25. The number of methoxy groups -OCH3 is 1. The molecule has 1 aromatic carbocycles. The molecule has 0 saturated carbocycles. The van der Waals surface area contributed by atoms with Gasteiger partial charge in [-0.15, -0.1) is 0 Å². The molecule has 0 atom stereocenters. The number of halogens is 1. The first-order valence-corrected chi connectivity index (χ1v) is 6.60. The molecular weight excluding hydrogens is 280 g/mol. The topological polar surface area (TPSA) is 24.5 Å². The summed E-state index contributed by atoms with van der Waals surface area (Å²) in [7, 11) is 5.88. The summed E-state index contributed by atoms with van der Waals surface area (Å²) in [6.07, 6.45) is 1.17. The zero-order valence-corrected chi connectivity index (χ0v) is 12.4. The Labute approximate surface area is 112 Å². The lowest BCUT2D eigenvalue weighted by atomic mass is 10.2. The Kier molecular flexibility index (Phi) is 6.55. The minimum absolute atomic E-state index is 0.876. The smallest absolute Gasteiger partial charge is 0.133 e. The zero-order chi connectivity index (χ0) is 12.7. The van der Waals surface area contributed by atoms with E-state index in [-0.39, 0.29) is 0 Å². The third-order valence-corrected chi connectivity index (χ3v) is 3.12. The third-order valence-electron chi connectivity index (χ3n) is 2.50. The van der Waals surface area contributed by atoms with E-state index in [1.54, 1.807) is 7.11 Å². The van der Waals surface area contributed by atoms with Gasteiger partial charge >= 0.3 is 0 Å². The quantitative estimate of drug-likeness (QED) is 0.783. The summed E-state index contributed by atoms with van der Waals surface area (Å²) in [6.45, 7) is 3.07. The van der Waals surface area contributed by atoms with E-state index >= 15 is 0 Å². The van der Waals surface area contributed by atoms with Crippen LogP contribution in [0, 0.1) is 0 Å². The summed E-state index contributed by atoms with van der Waals surface area (Å²) in [6, 6.07) is 6.17. The van der Waals surface area contributed by atoms with Gasteiger partial charge < -0.3 is 15.0 Å². The molecule has 0 aliphatic heterocycles. The Morgan fingerprint density at radius 1 is 1.35 bits per heavy atom. The van der Waals surface area contributed by atoms with Gasteiger partial charge in [0.2, 0.25) is 0 Å². The summed E-state index contributed by atoms with van der Waals surface area (Å²) in [5.41, 5.74) is 1.27. The van der Waals surface area contributed by atoms with Crippen molar-refractivity contribution in [2.24, 2.45) is 0 Å². The van der Waals surface area contributed by atoms with Crippen molar-refractivity contribution >= 4 is 15.9 Å². The molecule has 0 amide bonds. The molecule has 0 heterocycles. The van der Waals surface area contributed by atoms with Crippen LogP contribution >= 0.6 is 15.9 Å². The molecule has 0 spiro atoms. The van der Waals surface area contributed by atoms with Crippen molar-refractivity contribution < 1.29 is 4.74 Å². The molecule has 0 aliphatic carbocycles. The Hall–Kier alpha value is -0.580. The third kappa shape index (κ3) is 5.52. The summed E-state index contributed by atoms with van der Waals surface area (Å²) in [4.78, 5) is 2.20. The van der Waals surface area contributed by atoms with E-state index in [0.29, 0.717) is 0 Å². The molecule has 4 heteroatoms. The van der Waals surface area contributed by atoms with Crippen LogP contribution in [0.3, 0.4) is 0 Å². The highest BCUT2D eigenvalue weighted by molar-refractivity contribution is 9.10. The molecule has 96 valence electrons. The van der Waals surface area contributed by atoms with E-state index in [0.717, 1.165) is 29.9 Å². The standard InChI is InChI=1S/C13H21BrN2O/c1-16(2)8-4-7-15-10-11-5-6-13(17-3)12(14)9-11/h5-6,9,15H,4,7-8,10H2,1-3H3. The van der Waals surface area contributed by atoms with Crippen molar-refractivity contribution in [3.63, 3.8) is 0 Å². The fraction of sp³-hybridized carbons (Fsp3) is 0.538. The minimum atomic E-state index is 0.876. The number of nitrogens with zero attached hydrogens (tertiary/aromatic N) is 1. The zero-order valence-electron chi connectivity index (χ0n) is 10.8. The molecular formula is C13H21BrN2O. The summed E-state index contributed by atoms with van der Waals surface area (Å²) < 4.78 is 6.20. The first-order valence-electron chi connectivity index (χ1n) is 5.81. The van der Waals surface area contributed by atoms with Crippen LogP contribution in [0.25, 0.3) is 0 Å². The van der Waals surface area contributed by atoms with Gasteiger partial charge in [0.25, 0.3) is 0 Å². The highest BCUT2D eigenvalue weighted by Gasteiger charge is 2.00. The maximum atomic E-state index is 5.20. The van der Waals surface area contributed by atoms with Crippen LogP contribution in [0.15, 0.2) is 22.7 Å². The fourth-order valence-electron chi connectivity index (χ4n) is 1.57. The van der Waals surface area contributed by atoms with Gasteiger partial charge in [-0.2, -0.15) is 0 Å². The molecule has 1 rings (SSSR count). The van der Waals surface area contributed by atoms with Crippen LogP contribution in [0.2, 0.25) is 0 Å². The SMILES string of the molecule is COc1ccc(CNCCCN(C)C)cc1Br. The molecule has 3 nitrogen and oxygen atoms in total. The highest BCUT2D eigenvalue weighted by atomic mass is 79.9. The first kappa shape index (κ1) is 14.5. The van der Waals surface area contributed by atoms with Crippen LogP contribution in [0.1, 0.15) is 12.0 Å². The van der Waals surface area contributed by atoms with E-state index < -0.39 is 0 Å². The van der Waals surface area contributed by atoms with Gasteiger partial charge in [-0.3, -0.25) is 0 Å². The van der Waals surface area contributed by atoms with E-state index in [9.17, 15) is 0 Å². The first-order chi connectivity index (χ1) is 8.13. The number of hydrogen-bond acceptors (Lipinski definition) is 3. The van der Waals surface area contributed by atoms with Crippen LogP contribution < -0.4 is 10.1 Å². The maximum absolute atomic E-state index is 5.20. The Bertz CT molecular complexity index is 342. The molecule has 0 fully saturated rings. The van der Waals surface area contributed by atoms with Crippen molar-refractivity contribution in [1.29, 1.82) is 0 Å². The van der Waals surface area contributed by atoms with Crippen molar-refractivity contribution in [2.45, 2.75) is 13.0 Å². The lowest BCUT2D eigenvalue weighted by Gasteiger charge is -2.10. The van der Waals surface area contributed by atoms with Crippen molar-refractivity contribution in [1.82, 2.24) is 10.2 Å². The summed E-state index contributed by atoms with van der Waals surface area (Å²) in [5.74, 6) is 0.876. The van der Waals surface area contributed by atoms with Gasteiger partial charge in [-0.25, -0.2) is 0 Å². The van der Waals surface area contributed by atoms with E-state index in [1.165, 1.54) is 12.0 Å². The van der Waals surface area contributed by atoms with Gasteiger partial charge in [0.1, 0.15) is 5.75 Å². The molecule has 0 saturated heterocycles. The van der Waals surface area contributed by atoms with Gasteiger partial charge in [0.15, 0.2) is 0 Å². The molecule has 0 aromatic heterocycles. The number of hydrogen-bond donors (Lipinski definition) is 1. The summed E-state index contributed by atoms with van der Waals surface area (Å²) in [5, 5.41) is 3.43. The minimum Gasteiger partial charge on any atom is -0.496 e. The molecule has 1 aromatic rings. The number of nitrogens with one attached hydrogen (secondary N) is 1. The van der Waals surface area contributed by atoms with E-state index in [2.05, 4.69) is 52.4 Å². The monoisotopic (exact) mass is 300 g/mol. The van der Waals surface area contributed by atoms with Crippen LogP contribution in [-0.4, -0.2) is 39.2 Å². The second-order valence-electron chi connectivity index (χ2n) is 4.30. The van der Waals surface area contributed by atoms with Gasteiger partial charge in [-0.05, 0) is 67.2 Å². The van der Waals surface area contributed by atoms with Gasteiger partial charge in [0.05, 0.1) is 11.6 Å². The lowest BCUT2D eigenvalue weighted by Crippen LogP contribution is -2.20. The molecule has 0 aliphatic rings. The molecule has 0 bridgehead atoms. The van der Waals surface area contributed by atoms with Gasteiger partial charge in [0, 0.05) is 6.54 Å². The van der Waals surface area contributed by atoms with Crippen LogP contribution in [0.4, 0.5) is 0 Å². The number of ether oxygens (including phenoxy) is 1. The van der Waals surface area contributed by atoms with Crippen LogP contribution in [0.5, 0.6) is 5.75 Å². The van der Waals surface area contributed by atoms with E-state index in [4.69, 9.17) is 4.74 Å². The molecule has 0 unspecified atom stereocenters. The second kappa shape index (κ2) is 7.69. The van der Waals surface area contributed by atoms with Crippen LogP contribution in [-0.2, 0) is 6.54 Å². The Balaban J connectivity index is 2.30. The summed E-state index contributed by atoms with van der Waals surface area (Å²) >= 11 is 3.49. The maximum Gasteiger partial charge on any atom is 0.133 e. The normalized spacial score (nSPS) is 10.9. The van der Waals surface area contributed by atoms with E-state index in [1.807, 2.05) is 6.07 Å². The fourth-order valence-corrected chi connectivity index (χ4v) is 2.16. The number of benzene rings is 1. The van der Waals surface area contributed by atoms with Gasteiger partial charge in [-0.1, -0.05) is 6.07 Å². The van der Waals surface area contributed by atoms with Crippen molar-refractivity contribution in [2.75, 3.05) is 34.3 Å². The predicted molar refractivity (Wildman–Crippen MR) is 75.6 cm³/mol. The molecule has 1 N–H and O–H groups in total. The predicted octanol–water partition coefficient (Wildman–Crippen LogP) is 2.50. The Morgan fingerprint density at radius 3 is 2.71 bits per heavy atom. The van der Waals surface area contributed by atoms with Crippen molar-refractivity contribution in [3.05, 3.63) is 28.2 Å². The lowest BCUT2D eigenvalue weighted by molar-refractivity contribution is 0.394. The Morgan fingerprint density at radius 2 is 2.12 bits per heavy atom. The van der Waals surface area contributed by atoms with Crippen molar-refractivity contribution in [3.8, 4) is 5.75 Å². The second-order valence-corrected chi connectivity index (χ2v) is 5.16. The molecule has 17 heavy (non-hydrogen) atoms. The molecule has 0 radical (unpaired) electrons. The largest absolute Gasteiger partial charge is 0.496 e.